The second-order valence-electron chi connectivity index (χ2n) is 9.00. The number of rotatable bonds is 6. The van der Waals surface area contributed by atoms with Gasteiger partial charge in [-0.25, -0.2) is 17.6 Å². The zero-order valence-corrected chi connectivity index (χ0v) is 24.1. The predicted molar refractivity (Wildman–Crippen MR) is 153 cm³/mol. The van der Waals surface area contributed by atoms with E-state index >= 15 is 0 Å². The number of methoxy groups -OCH3 is 1. The topological polar surface area (TPSA) is 141 Å². The smallest absolute Gasteiger partial charge is 0.490 e. The van der Waals surface area contributed by atoms with Crippen molar-refractivity contribution in [2.45, 2.75) is 11.1 Å². The predicted octanol–water partition coefficient (Wildman–Crippen LogP) is 6.10. The van der Waals surface area contributed by atoms with Crippen molar-refractivity contribution in [2.75, 3.05) is 11.8 Å². The lowest BCUT2D eigenvalue weighted by atomic mass is 9.96. The van der Waals surface area contributed by atoms with E-state index in [2.05, 4.69) is 14.4 Å². The minimum absolute atomic E-state index is 0.0287. The fourth-order valence-corrected chi connectivity index (χ4v) is 5.42. The van der Waals surface area contributed by atoms with Gasteiger partial charge in [0.2, 0.25) is 0 Å². The van der Waals surface area contributed by atoms with E-state index in [1.54, 1.807) is 43.6 Å². The summed E-state index contributed by atoms with van der Waals surface area (Å²) >= 11 is 6.60. The molecule has 0 saturated heterocycles. The Morgan fingerprint density at radius 1 is 1.09 bits per heavy atom. The monoisotopic (exact) mass is 653 g/mol. The van der Waals surface area contributed by atoms with Gasteiger partial charge in [0, 0.05) is 40.8 Å². The van der Waals surface area contributed by atoms with E-state index < -0.39 is 28.0 Å². The highest BCUT2D eigenvalue weighted by Gasteiger charge is 2.38. The Kier molecular flexibility index (Phi) is 9.01. The van der Waals surface area contributed by atoms with Gasteiger partial charge in [-0.2, -0.15) is 13.2 Å². The van der Waals surface area contributed by atoms with Crippen LogP contribution in [0.3, 0.4) is 0 Å². The van der Waals surface area contributed by atoms with Crippen LogP contribution in [-0.2, 0) is 21.9 Å². The highest BCUT2D eigenvalue weighted by Crippen LogP contribution is 2.40. The number of carbonyl (C=O) groups is 1. The van der Waals surface area contributed by atoms with Gasteiger partial charge >= 0.3 is 12.1 Å². The number of hydrogen-bond donors (Lipinski definition) is 2. The third kappa shape index (κ3) is 6.84. The molecule has 44 heavy (non-hydrogen) atoms. The molecule has 2 aromatic heterocycles. The maximum atomic E-state index is 13.8. The van der Waals surface area contributed by atoms with E-state index in [-0.39, 0.29) is 26.9 Å². The number of sulfonamides is 1. The molecule has 0 bridgehead atoms. The molecule has 2 N–H and O–H groups in total. The summed E-state index contributed by atoms with van der Waals surface area (Å²) in [6, 6.07) is 15.0. The number of aliphatic carboxylic acids is 1. The first kappa shape index (κ1) is 32.0. The quantitative estimate of drug-likeness (QED) is 0.210. The number of hydrogen-bond acceptors (Lipinski definition) is 7. The molecule has 16 heteroatoms. The minimum atomic E-state index is -5.08. The van der Waals surface area contributed by atoms with Crippen molar-refractivity contribution in [2.24, 2.45) is 7.05 Å². The molecule has 0 atom stereocenters. The lowest BCUT2D eigenvalue weighted by Crippen LogP contribution is -2.21. The summed E-state index contributed by atoms with van der Waals surface area (Å²) < 4.78 is 85.3. The Labute approximate surface area is 251 Å². The number of ether oxygens (including phenoxy) is 1. The molecular formula is C28H20ClF4N3O7S. The third-order valence-corrected chi connectivity index (χ3v) is 7.75. The number of benzene rings is 3. The van der Waals surface area contributed by atoms with Gasteiger partial charge in [-0.05, 0) is 47.3 Å². The summed E-state index contributed by atoms with van der Waals surface area (Å²) in [4.78, 5) is 22.2. The molecule has 0 radical (unpaired) electrons. The van der Waals surface area contributed by atoms with Crippen molar-refractivity contribution in [3.63, 3.8) is 0 Å². The Bertz CT molecular complexity index is 2030. The number of aryl methyl sites for hydroxylation is 1. The number of fused-ring (bicyclic) bond motifs is 1. The van der Waals surface area contributed by atoms with Crippen LogP contribution in [0.25, 0.3) is 33.0 Å². The van der Waals surface area contributed by atoms with E-state index in [1.807, 2.05) is 0 Å². The molecule has 0 aliphatic rings. The second-order valence-corrected chi connectivity index (χ2v) is 11.1. The van der Waals surface area contributed by atoms with Gasteiger partial charge in [0.25, 0.3) is 15.6 Å². The lowest BCUT2D eigenvalue weighted by Gasteiger charge is -2.16. The van der Waals surface area contributed by atoms with Gasteiger partial charge in [0.05, 0.1) is 17.6 Å². The van der Waals surface area contributed by atoms with Gasteiger partial charge < -0.3 is 18.9 Å². The van der Waals surface area contributed by atoms with Crippen LogP contribution in [0.4, 0.5) is 23.4 Å². The number of alkyl halides is 3. The molecule has 0 unspecified atom stereocenters. The van der Waals surface area contributed by atoms with Crippen LogP contribution in [0, 0.1) is 5.82 Å². The molecule has 0 amide bonds. The molecule has 5 rings (SSSR count). The fraction of sp³-hybridized carbons (Fsp3) is 0.107. The summed E-state index contributed by atoms with van der Waals surface area (Å²) in [5, 5.41) is 12.0. The molecule has 0 aliphatic carbocycles. The Hall–Kier alpha value is -4.89. The van der Waals surface area contributed by atoms with Crippen molar-refractivity contribution >= 4 is 44.2 Å². The van der Waals surface area contributed by atoms with Crippen LogP contribution in [0.5, 0.6) is 5.75 Å². The minimum Gasteiger partial charge on any atom is -0.496 e. The summed E-state index contributed by atoms with van der Waals surface area (Å²) in [6.07, 6.45) is -2.29. The molecule has 0 saturated carbocycles. The van der Waals surface area contributed by atoms with Gasteiger partial charge in [-0.1, -0.05) is 35.0 Å². The number of carboxylic acids is 1. The van der Waals surface area contributed by atoms with E-state index in [0.717, 1.165) is 0 Å². The normalized spacial score (nSPS) is 11.5. The first-order chi connectivity index (χ1) is 20.6. The van der Waals surface area contributed by atoms with Gasteiger partial charge in [-0.3, -0.25) is 9.52 Å². The van der Waals surface area contributed by atoms with E-state index in [0.29, 0.717) is 33.2 Å². The van der Waals surface area contributed by atoms with Crippen LogP contribution in [0.15, 0.2) is 87.3 Å². The number of nitrogens with zero attached hydrogens (tertiary/aromatic N) is 2. The number of carboxylic acid groups (broad SMARTS) is 1. The molecule has 230 valence electrons. The van der Waals surface area contributed by atoms with Crippen LogP contribution in [-0.4, -0.2) is 42.5 Å². The lowest BCUT2D eigenvalue weighted by molar-refractivity contribution is -0.192. The number of aromatic nitrogens is 2. The molecule has 10 nitrogen and oxygen atoms in total. The zero-order chi connectivity index (χ0) is 32.4. The fourth-order valence-electron chi connectivity index (χ4n) is 4.12. The molecule has 0 aliphatic heterocycles. The SMILES string of the molecule is COc1cc(-c2cccc(F)c2)c(Cl)cc1-c1c(=O)n(C)cc2cc(S(=O)(=O)Nc3ccon3)ccc12.O=C(O)C(F)(F)F. The molecule has 3 aromatic carbocycles. The van der Waals surface area contributed by atoms with Crippen LogP contribution >= 0.6 is 11.6 Å². The first-order valence-corrected chi connectivity index (χ1v) is 14.0. The van der Waals surface area contributed by atoms with Gasteiger partial charge in [0.15, 0.2) is 5.82 Å². The molecule has 2 heterocycles. The molecule has 0 fully saturated rings. The second kappa shape index (κ2) is 12.4. The molecule has 0 spiro atoms. The van der Waals surface area contributed by atoms with E-state index in [9.17, 15) is 30.8 Å². The van der Waals surface area contributed by atoms with Crippen LogP contribution in [0.1, 0.15) is 0 Å². The summed E-state index contributed by atoms with van der Waals surface area (Å²) in [5.41, 5.74) is 1.44. The highest BCUT2D eigenvalue weighted by atomic mass is 35.5. The maximum Gasteiger partial charge on any atom is 0.490 e. The highest BCUT2D eigenvalue weighted by molar-refractivity contribution is 7.92. The largest absolute Gasteiger partial charge is 0.496 e. The number of anilines is 1. The van der Waals surface area contributed by atoms with Crippen molar-refractivity contribution in [3.05, 3.63) is 94.3 Å². The molecular weight excluding hydrogens is 634 g/mol. The Morgan fingerprint density at radius 3 is 2.39 bits per heavy atom. The van der Waals surface area contributed by atoms with Crippen LogP contribution < -0.4 is 15.0 Å². The first-order valence-electron chi connectivity index (χ1n) is 12.1. The van der Waals surface area contributed by atoms with E-state index in [1.165, 1.54) is 48.3 Å². The average molecular weight is 654 g/mol. The Morgan fingerprint density at radius 2 is 1.80 bits per heavy atom. The molecule has 5 aromatic rings. The summed E-state index contributed by atoms with van der Waals surface area (Å²) in [7, 11) is -0.950. The zero-order valence-electron chi connectivity index (χ0n) is 22.5. The summed E-state index contributed by atoms with van der Waals surface area (Å²) in [5.74, 6) is -2.78. The van der Waals surface area contributed by atoms with E-state index in [4.69, 9.17) is 26.2 Å². The Balaban J connectivity index is 0.000000566. The van der Waals surface area contributed by atoms with Crippen molar-refractivity contribution < 1.29 is 45.1 Å². The number of halogens is 5. The maximum absolute atomic E-state index is 13.8. The third-order valence-electron chi connectivity index (χ3n) is 6.08. The van der Waals surface area contributed by atoms with Gasteiger partial charge in [0.1, 0.15) is 17.8 Å². The number of nitrogens with one attached hydrogen (secondary N) is 1. The van der Waals surface area contributed by atoms with Gasteiger partial charge in [-0.15, -0.1) is 0 Å². The number of pyridine rings is 1. The van der Waals surface area contributed by atoms with Crippen LogP contribution in [0.2, 0.25) is 5.02 Å². The van der Waals surface area contributed by atoms with Crippen molar-refractivity contribution in [1.82, 2.24) is 9.72 Å². The van der Waals surface area contributed by atoms with Crippen molar-refractivity contribution in [1.29, 1.82) is 0 Å². The average Bonchev–Trinajstić information content (AvgIpc) is 3.45. The van der Waals surface area contributed by atoms with Crippen molar-refractivity contribution in [3.8, 4) is 28.0 Å². The standard InChI is InChI=1S/C26H19ClFN3O5S.C2HF3O2/c1-31-14-16-11-18(37(33,34)30-24-8-9-36-29-24)6-7-19(16)25(26(31)32)21-12-22(27)20(13-23(21)35-2)15-4-3-5-17(28)10-15;3-2(4,5)1(6)7/h3-14H,1-2H3,(H,29,30);(H,6,7). The summed E-state index contributed by atoms with van der Waals surface area (Å²) in [6.45, 7) is 0.